The molecular formula is C21H25N3O6S. The van der Waals surface area contributed by atoms with E-state index in [1.807, 2.05) is 0 Å². The summed E-state index contributed by atoms with van der Waals surface area (Å²) in [7, 11) is 4.62. The second kappa shape index (κ2) is 10.2. The quantitative estimate of drug-likeness (QED) is 0.650. The molecule has 0 fully saturated rings. The van der Waals surface area contributed by atoms with Crippen LogP contribution in [0.4, 0.5) is 9.93 Å². The van der Waals surface area contributed by atoms with E-state index in [-0.39, 0.29) is 12.5 Å². The molecule has 0 bridgehead atoms. The molecular weight excluding hydrogens is 422 g/mol. The van der Waals surface area contributed by atoms with E-state index in [2.05, 4.69) is 10.3 Å². The minimum absolute atomic E-state index is 0.118. The molecule has 10 heteroatoms. The van der Waals surface area contributed by atoms with E-state index in [0.717, 1.165) is 16.1 Å². The van der Waals surface area contributed by atoms with Crippen LogP contribution in [0, 0.1) is 0 Å². The number of carbonyl (C=O) groups excluding carboxylic acids is 2. The molecule has 1 aliphatic heterocycles. The number of rotatable bonds is 7. The number of thiazole rings is 1. The number of carbonyl (C=O) groups is 2. The largest absolute Gasteiger partial charge is 0.493 e. The number of fused-ring (bicyclic) bond motifs is 1. The molecule has 1 aromatic carbocycles. The summed E-state index contributed by atoms with van der Waals surface area (Å²) >= 11 is 1.35. The first-order chi connectivity index (χ1) is 15.0. The second-order valence-electron chi connectivity index (χ2n) is 6.54. The van der Waals surface area contributed by atoms with E-state index in [4.69, 9.17) is 18.9 Å². The average Bonchev–Trinajstić information content (AvgIpc) is 3.17. The van der Waals surface area contributed by atoms with Crippen molar-refractivity contribution in [2.45, 2.75) is 19.9 Å². The zero-order valence-electron chi connectivity index (χ0n) is 17.9. The van der Waals surface area contributed by atoms with Gasteiger partial charge in [0.2, 0.25) is 11.7 Å². The number of hydrogen-bond acceptors (Lipinski definition) is 8. The summed E-state index contributed by atoms with van der Waals surface area (Å²) < 4.78 is 20.9. The number of nitrogens with one attached hydrogen (secondary N) is 1. The lowest BCUT2D eigenvalue weighted by Crippen LogP contribution is -2.34. The van der Waals surface area contributed by atoms with Crippen molar-refractivity contribution in [2.24, 2.45) is 0 Å². The monoisotopic (exact) mass is 447 g/mol. The van der Waals surface area contributed by atoms with Gasteiger partial charge in [0.05, 0.1) is 40.2 Å². The number of nitrogens with zero attached hydrogens (tertiary/aromatic N) is 2. The van der Waals surface area contributed by atoms with Gasteiger partial charge in [-0.15, -0.1) is 0 Å². The minimum atomic E-state index is -0.533. The summed E-state index contributed by atoms with van der Waals surface area (Å²) in [5, 5.41) is 3.09. The maximum Gasteiger partial charge on any atom is 0.413 e. The highest BCUT2D eigenvalue weighted by molar-refractivity contribution is 7.15. The molecule has 0 radical (unpaired) electrons. The molecule has 31 heavy (non-hydrogen) atoms. The smallest absolute Gasteiger partial charge is 0.413 e. The molecule has 0 unspecified atom stereocenters. The summed E-state index contributed by atoms with van der Waals surface area (Å²) in [5.41, 5.74) is 1.65. The number of methoxy groups -OCH3 is 3. The molecule has 2 heterocycles. The first-order valence-corrected chi connectivity index (χ1v) is 10.5. The Morgan fingerprint density at radius 3 is 2.52 bits per heavy atom. The number of amides is 2. The van der Waals surface area contributed by atoms with Gasteiger partial charge in [0, 0.05) is 23.9 Å². The van der Waals surface area contributed by atoms with Gasteiger partial charge in [-0.05, 0) is 30.7 Å². The van der Waals surface area contributed by atoms with Crippen molar-refractivity contribution in [3.8, 4) is 17.2 Å². The first kappa shape index (κ1) is 22.4. The van der Waals surface area contributed by atoms with E-state index in [0.29, 0.717) is 41.9 Å². The molecule has 1 N–H and O–H groups in total. The van der Waals surface area contributed by atoms with Gasteiger partial charge >= 0.3 is 6.09 Å². The number of benzene rings is 1. The molecule has 0 atom stereocenters. The molecule has 1 aliphatic rings. The molecule has 0 saturated carbocycles. The summed E-state index contributed by atoms with van der Waals surface area (Å²) in [4.78, 5) is 31.4. The van der Waals surface area contributed by atoms with Gasteiger partial charge in [-0.2, -0.15) is 0 Å². The second-order valence-corrected chi connectivity index (χ2v) is 7.62. The fourth-order valence-electron chi connectivity index (χ4n) is 3.16. The molecule has 166 valence electrons. The molecule has 0 spiro atoms. The van der Waals surface area contributed by atoms with Crippen LogP contribution in [-0.4, -0.2) is 56.4 Å². The van der Waals surface area contributed by atoms with Crippen molar-refractivity contribution in [3.05, 3.63) is 34.3 Å². The minimum Gasteiger partial charge on any atom is -0.493 e. The SMILES string of the molecule is CCOC(=O)Nc1nc2c(s1)CN(C(=O)/C=C/c1cc(OC)c(OC)c(OC)c1)CC2. The Labute approximate surface area is 184 Å². The lowest BCUT2D eigenvalue weighted by atomic mass is 10.1. The van der Waals surface area contributed by atoms with Gasteiger partial charge in [-0.25, -0.2) is 9.78 Å². The predicted molar refractivity (Wildman–Crippen MR) is 117 cm³/mol. The zero-order chi connectivity index (χ0) is 22.4. The molecule has 3 rings (SSSR count). The van der Waals surface area contributed by atoms with Crippen molar-refractivity contribution >= 4 is 34.5 Å². The highest BCUT2D eigenvalue weighted by Crippen LogP contribution is 2.38. The highest BCUT2D eigenvalue weighted by Gasteiger charge is 2.23. The van der Waals surface area contributed by atoms with Crippen molar-refractivity contribution < 1.29 is 28.5 Å². The van der Waals surface area contributed by atoms with Crippen molar-refractivity contribution in [2.75, 3.05) is 39.8 Å². The number of ether oxygens (including phenoxy) is 4. The van der Waals surface area contributed by atoms with E-state index in [9.17, 15) is 9.59 Å². The molecule has 1 aromatic heterocycles. The highest BCUT2D eigenvalue weighted by atomic mass is 32.1. The normalized spacial score (nSPS) is 13.0. The van der Waals surface area contributed by atoms with Crippen molar-refractivity contribution in [1.29, 1.82) is 0 Å². The lowest BCUT2D eigenvalue weighted by molar-refractivity contribution is -0.126. The summed E-state index contributed by atoms with van der Waals surface area (Å²) in [5.74, 6) is 1.41. The predicted octanol–water partition coefficient (Wildman–Crippen LogP) is 3.34. The van der Waals surface area contributed by atoms with Crippen molar-refractivity contribution in [1.82, 2.24) is 9.88 Å². The summed E-state index contributed by atoms with van der Waals surface area (Å²) in [6.45, 7) is 3.02. The average molecular weight is 448 g/mol. The Bertz CT molecular complexity index is 962. The number of anilines is 1. The van der Waals surface area contributed by atoms with Crippen LogP contribution in [0.1, 0.15) is 23.1 Å². The molecule has 0 saturated heterocycles. The van der Waals surface area contributed by atoms with Gasteiger partial charge in [0.1, 0.15) is 0 Å². The van der Waals surface area contributed by atoms with Gasteiger partial charge < -0.3 is 23.8 Å². The Balaban J connectivity index is 1.69. The summed E-state index contributed by atoms with van der Waals surface area (Å²) in [6.07, 6.45) is 3.32. The van der Waals surface area contributed by atoms with E-state index >= 15 is 0 Å². The van der Waals surface area contributed by atoms with Crippen LogP contribution in [0.3, 0.4) is 0 Å². The van der Waals surface area contributed by atoms with Crippen LogP contribution in [0.2, 0.25) is 0 Å². The molecule has 2 aromatic rings. The van der Waals surface area contributed by atoms with Crippen LogP contribution >= 0.6 is 11.3 Å². The topological polar surface area (TPSA) is 99.2 Å². The standard InChI is InChI=1S/C21H25N3O6S/c1-5-30-21(26)23-20-22-14-8-9-24(12-17(14)31-20)18(25)7-6-13-10-15(27-2)19(29-4)16(11-13)28-3/h6-7,10-11H,5,8-9,12H2,1-4H3,(H,22,23,26)/b7-6+. The van der Waals surface area contributed by atoms with Crippen molar-refractivity contribution in [3.63, 3.8) is 0 Å². The van der Waals surface area contributed by atoms with Gasteiger partial charge in [-0.1, -0.05) is 11.3 Å². The third kappa shape index (κ3) is 5.26. The number of hydrogen-bond donors (Lipinski definition) is 1. The fourth-order valence-corrected chi connectivity index (χ4v) is 4.17. The Hall–Kier alpha value is -3.27. The van der Waals surface area contributed by atoms with Crippen LogP contribution < -0.4 is 19.5 Å². The third-order valence-electron chi connectivity index (χ3n) is 4.63. The van der Waals surface area contributed by atoms with E-state index in [1.54, 1.807) is 44.3 Å². The maximum atomic E-state index is 12.7. The van der Waals surface area contributed by atoms with Crippen LogP contribution in [-0.2, 0) is 22.5 Å². The van der Waals surface area contributed by atoms with Gasteiger partial charge in [-0.3, -0.25) is 10.1 Å². The van der Waals surface area contributed by atoms with Gasteiger partial charge in [0.25, 0.3) is 0 Å². The lowest BCUT2D eigenvalue weighted by Gasteiger charge is -2.24. The Morgan fingerprint density at radius 1 is 1.19 bits per heavy atom. The molecule has 0 aliphatic carbocycles. The van der Waals surface area contributed by atoms with Crippen LogP contribution in [0.5, 0.6) is 17.2 Å². The van der Waals surface area contributed by atoms with Crippen LogP contribution in [0.25, 0.3) is 6.08 Å². The van der Waals surface area contributed by atoms with E-state index in [1.165, 1.54) is 24.5 Å². The Kier molecular flexibility index (Phi) is 7.35. The number of aromatic nitrogens is 1. The fraction of sp³-hybridized carbons (Fsp3) is 0.381. The van der Waals surface area contributed by atoms with Crippen LogP contribution in [0.15, 0.2) is 18.2 Å². The summed E-state index contributed by atoms with van der Waals surface area (Å²) in [6, 6.07) is 3.55. The molecule has 2 amide bonds. The van der Waals surface area contributed by atoms with E-state index < -0.39 is 6.09 Å². The molecule has 9 nitrogen and oxygen atoms in total. The van der Waals surface area contributed by atoms with Gasteiger partial charge in [0.15, 0.2) is 16.6 Å². The maximum absolute atomic E-state index is 12.7. The third-order valence-corrected chi connectivity index (χ3v) is 5.63. The Morgan fingerprint density at radius 2 is 1.90 bits per heavy atom. The first-order valence-electron chi connectivity index (χ1n) is 9.68. The zero-order valence-corrected chi connectivity index (χ0v) is 18.7.